The van der Waals surface area contributed by atoms with Crippen molar-refractivity contribution in [2.24, 2.45) is 0 Å². The van der Waals surface area contributed by atoms with Crippen LogP contribution in [0, 0.1) is 11.5 Å². The monoisotopic (exact) mass is 242 g/mol. The Morgan fingerprint density at radius 3 is 2.65 bits per heavy atom. The zero-order valence-electron chi connectivity index (χ0n) is 10.8. The van der Waals surface area contributed by atoms with Crippen molar-refractivity contribution >= 4 is 13.9 Å². The van der Waals surface area contributed by atoms with E-state index < -0.39 is 8.07 Å². The number of rotatable bonds is 0. The van der Waals surface area contributed by atoms with Crippen LogP contribution in [0.3, 0.4) is 0 Å². The summed E-state index contributed by atoms with van der Waals surface area (Å²) in [5.41, 5.74) is 6.36. The highest BCUT2D eigenvalue weighted by Gasteiger charge is 2.19. The van der Waals surface area contributed by atoms with E-state index in [0.717, 1.165) is 24.0 Å². The number of aryl methyl sites for hydroxylation is 1. The molecule has 88 valence electrons. The van der Waals surface area contributed by atoms with Gasteiger partial charge in [-0.2, -0.15) is 0 Å². The third-order valence-electron chi connectivity index (χ3n) is 2.85. The van der Waals surface area contributed by atoms with Crippen LogP contribution >= 0.6 is 0 Å². The highest BCUT2D eigenvalue weighted by molar-refractivity contribution is 6.83. The van der Waals surface area contributed by atoms with Crippen molar-refractivity contribution in [3.05, 3.63) is 34.9 Å². The summed E-state index contributed by atoms with van der Waals surface area (Å²) >= 11 is 0. The van der Waals surface area contributed by atoms with Crippen LogP contribution in [0.15, 0.2) is 18.2 Å². The molecule has 17 heavy (non-hydrogen) atoms. The molecule has 0 bridgehead atoms. The first kappa shape index (κ1) is 12.1. The Morgan fingerprint density at radius 1 is 1.18 bits per heavy atom. The molecule has 0 aromatic heterocycles. The van der Waals surface area contributed by atoms with E-state index in [1.165, 1.54) is 5.56 Å². The van der Waals surface area contributed by atoms with Gasteiger partial charge in [0.05, 0.1) is 0 Å². The lowest BCUT2D eigenvalue weighted by Crippen LogP contribution is -2.17. The van der Waals surface area contributed by atoms with Crippen LogP contribution in [0.25, 0.3) is 0 Å². The maximum atomic E-state index is 12.0. The number of hydrogen-bond acceptors (Lipinski definition) is 1. The Balaban J connectivity index is 2.48. The first-order valence-corrected chi connectivity index (χ1v) is 9.66. The van der Waals surface area contributed by atoms with Gasteiger partial charge in [-0.05, 0) is 24.5 Å². The largest absolute Gasteiger partial charge is 0.294 e. The molecule has 1 aliphatic carbocycles. The maximum absolute atomic E-state index is 12.0. The van der Waals surface area contributed by atoms with Gasteiger partial charge in [0.25, 0.3) is 0 Å². The molecule has 0 saturated carbocycles. The third-order valence-corrected chi connectivity index (χ3v) is 3.73. The quantitative estimate of drug-likeness (QED) is 0.503. The van der Waals surface area contributed by atoms with Gasteiger partial charge in [-0.25, -0.2) is 0 Å². The van der Waals surface area contributed by atoms with Crippen LogP contribution in [-0.2, 0) is 6.42 Å². The van der Waals surface area contributed by atoms with Crippen molar-refractivity contribution in [1.29, 1.82) is 0 Å². The molecule has 0 spiro atoms. The summed E-state index contributed by atoms with van der Waals surface area (Å²) in [6.45, 7) is 6.66. The molecular weight excluding hydrogens is 224 g/mol. The lowest BCUT2D eigenvalue weighted by Gasteiger charge is -2.16. The molecule has 0 aliphatic heterocycles. The van der Waals surface area contributed by atoms with Crippen molar-refractivity contribution in [3.8, 4) is 11.5 Å². The van der Waals surface area contributed by atoms with Gasteiger partial charge in [0.1, 0.15) is 8.07 Å². The lowest BCUT2D eigenvalue weighted by atomic mass is 9.87. The summed E-state index contributed by atoms with van der Waals surface area (Å²) in [4.78, 5) is 12.0. The normalized spacial score (nSPS) is 14.9. The summed E-state index contributed by atoms with van der Waals surface area (Å²) < 4.78 is 0. The van der Waals surface area contributed by atoms with Crippen molar-refractivity contribution in [2.75, 3.05) is 0 Å². The average Bonchev–Trinajstić information content (AvgIpc) is 2.25. The molecule has 1 aromatic rings. The molecule has 0 radical (unpaired) electrons. The highest BCUT2D eigenvalue weighted by atomic mass is 28.3. The van der Waals surface area contributed by atoms with Gasteiger partial charge in [0, 0.05) is 17.5 Å². The Hall–Kier alpha value is -1.33. The van der Waals surface area contributed by atoms with Crippen molar-refractivity contribution < 1.29 is 4.79 Å². The minimum Gasteiger partial charge on any atom is -0.294 e. The van der Waals surface area contributed by atoms with E-state index in [9.17, 15) is 4.79 Å². The molecule has 0 unspecified atom stereocenters. The van der Waals surface area contributed by atoms with E-state index in [1.807, 2.05) is 12.1 Å². The fourth-order valence-corrected chi connectivity index (χ4v) is 2.57. The Bertz CT molecular complexity index is 512. The molecule has 0 amide bonds. The minimum atomic E-state index is -1.38. The number of benzene rings is 1. The van der Waals surface area contributed by atoms with Crippen LogP contribution in [0.4, 0.5) is 0 Å². The third kappa shape index (κ3) is 2.86. The second-order valence-corrected chi connectivity index (χ2v) is 10.4. The summed E-state index contributed by atoms with van der Waals surface area (Å²) in [5, 5.41) is 0. The number of carbonyl (C=O) groups excluding carboxylic acids is 1. The van der Waals surface area contributed by atoms with Crippen molar-refractivity contribution in [3.63, 3.8) is 0 Å². The molecular formula is C15H18OSi. The summed E-state index contributed by atoms with van der Waals surface area (Å²) in [5.74, 6) is 3.50. The fourth-order valence-electron chi connectivity index (χ4n) is 2.06. The van der Waals surface area contributed by atoms with Crippen LogP contribution in [-0.4, -0.2) is 13.9 Å². The Labute approximate surface area is 104 Å². The zero-order valence-corrected chi connectivity index (χ0v) is 11.8. The second kappa shape index (κ2) is 4.50. The number of carbonyl (C=O) groups is 1. The smallest absolute Gasteiger partial charge is 0.164 e. The van der Waals surface area contributed by atoms with E-state index in [4.69, 9.17) is 0 Å². The van der Waals surface area contributed by atoms with Gasteiger partial charge < -0.3 is 0 Å². The maximum Gasteiger partial charge on any atom is 0.164 e. The van der Waals surface area contributed by atoms with Crippen molar-refractivity contribution in [1.82, 2.24) is 0 Å². The predicted molar refractivity (Wildman–Crippen MR) is 73.9 cm³/mol. The minimum absolute atomic E-state index is 0.270. The molecule has 0 heterocycles. The van der Waals surface area contributed by atoms with Crippen LogP contribution < -0.4 is 0 Å². The molecule has 0 saturated heterocycles. The van der Waals surface area contributed by atoms with Gasteiger partial charge in [0.2, 0.25) is 0 Å². The number of fused-ring (bicyclic) bond motifs is 1. The van der Waals surface area contributed by atoms with Gasteiger partial charge in [-0.15, -0.1) is 5.54 Å². The summed E-state index contributed by atoms with van der Waals surface area (Å²) in [6, 6.07) is 6.06. The average molecular weight is 242 g/mol. The van der Waals surface area contributed by atoms with E-state index in [2.05, 4.69) is 37.2 Å². The van der Waals surface area contributed by atoms with E-state index in [-0.39, 0.29) is 5.78 Å². The first-order chi connectivity index (χ1) is 7.97. The second-order valence-electron chi connectivity index (χ2n) is 5.62. The van der Waals surface area contributed by atoms with Crippen molar-refractivity contribution in [2.45, 2.75) is 38.9 Å². The van der Waals surface area contributed by atoms with Gasteiger partial charge in [0.15, 0.2) is 5.78 Å². The SMILES string of the molecule is C[Si](C)(C)C#Cc1cccc2c1C(=O)CCC2. The molecule has 0 N–H and O–H groups in total. The first-order valence-electron chi connectivity index (χ1n) is 6.16. The lowest BCUT2D eigenvalue weighted by molar-refractivity contribution is 0.0972. The predicted octanol–water partition coefficient (Wildman–Crippen LogP) is 3.43. The fraction of sp³-hybridized carbons (Fsp3) is 0.400. The molecule has 0 atom stereocenters. The van der Waals surface area contributed by atoms with Gasteiger partial charge in [-0.1, -0.05) is 37.7 Å². The van der Waals surface area contributed by atoms with Gasteiger partial charge in [-0.3, -0.25) is 4.79 Å². The topological polar surface area (TPSA) is 17.1 Å². The Kier molecular flexibility index (Phi) is 3.21. The standard InChI is InChI=1S/C15H18OSi/c1-17(2,3)11-10-13-7-4-6-12-8-5-9-14(16)15(12)13/h4,6-7H,5,8-9H2,1-3H3. The summed E-state index contributed by atoms with van der Waals surface area (Å²) in [7, 11) is -1.38. The number of hydrogen-bond donors (Lipinski definition) is 0. The van der Waals surface area contributed by atoms with Gasteiger partial charge >= 0.3 is 0 Å². The van der Waals surface area contributed by atoms with E-state index in [1.54, 1.807) is 0 Å². The van der Waals surface area contributed by atoms with Crippen LogP contribution in [0.5, 0.6) is 0 Å². The van der Waals surface area contributed by atoms with Crippen LogP contribution in [0.2, 0.25) is 19.6 Å². The number of ketones is 1. The molecule has 2 heteroatoms. The molecule has 1 nitrogen and oxygen atoms in total. The van der Waals surface area contributed by atoms with E-state index in [0.29, 0.717) is 6.42 Å². The number of Topliss-reactive ketones (excluding diaryl/α,β-unsaturated/α-hetero) is 1. The molecule has 0 fully saturated rings. The summed E-state index contributed by atoms with van der Waals surface area (Å²) in [6.07, 6.45) is 2.68. The zero-order chi connectivity index (χ0) is 12.5. The Morgan fingerprint density at radius 2 is 1.94 bits per heavy atom. The van der Waals surface area contributed by atoms with Crippen LogP contribution in [0.1, 0.15) is 34.3 Å². The molecule has 1 aromatic carbocycles. The molecule has 2 rings (SSSR count). The molecule has 1 aliphatic rings. The van der Waals surface area contributed by atoms with E-state index >= 15 is 0 Å². The highest BCUT2D eigenvalue weighted by Crippen LogP contribution is 2.24.